The van der Waals surface area contributed by atoms with E-state index in [2.05, 4.69) is 24.3 Å². The van der Waals surface area contributed by atoms with Crippen LogP contribution in [0.3, 0.4) is 0 Å². The molecular formula is C12H20O2. The fourth-order valence-electron chi connectivity index (χ4n) is 1.58. The molecule has 80 valence electrons. The number of hydrogen-bond acceptors (Lipinski definition) is 2. The van der Waals surface area contributed by atoms with Crippen LogP contribution in [0.5, 0.6) is 0 Å². The van der Waals surface area contributed by atoms with Crippen molar-refractivity contribution < 1.29 is 10.2 Å². The molecule has 2 heteroatoms. The second-order valence-corrected chi connectivity index (χ2v) is 3.81. The quantitative estimate of drug-likeness (QED) is 0.583. The molecule has 0 amide bonds. The van der Waals surface area contributed by atoms with Gasteiger partial charge >= 0.3 is 0 Å². The predicted octanol–water partition coefficient (Wildman–Crippen LogP) is 2.17. The summed E-state index contributed by atoms with van der Waals surface area (Å²) in [5, 5.41) is 19.1. The number of aliphatic hydroxyl groups is 2. The molecule has 0 spiro atoms. The van der Waals surface area contributed by atoms with Gasteiger partial charge in [0.2, 0.25) is 0 Å². The molecule has 0 aromatic carbocycles. The Kier molecular flexibility index (Phi) is 5.57. The van der Waals surface area contributed by atoms with Crippen LogP contribution in [0.15, 0.2) is 24.3 Å². The molecule has 1 rings (SSSR count). The largest absolute Gasteiger partial charge is 0.390 e. The molecule has 0 saturated heterocycles. The van der Waals surface area contributed by atoms with Crippen LogP contribution in [0.2, 0.25) is 0 Å². The SMILES string of the molecule is OC1CC/C=C/CC/C=C/CC[C@@H]1O. The third kappa shape index (κ3) is 4.58. The summed E-state index contributed by atoms with van der Waals surface area (Å²) in [6.07, 6.45) is 12.6. The van der Waals surface area contributed by atoms with Crippen LogP contribution in [0.4, 0.5) is 0 Å². The van der Waals surface area contributed by atoms with Gasteiger partial charge in [-0.2, -0.15) is 0 Å². The Morgan fingerprint density at radius 2 is 1.00 bits per heavy atom. The van der Waals surface area contributed by atoms with Crippen molar-refractivity contribution in [3.05, 3.63) is 24.3 Å². The molecule has 14 heavy (non-hydrogen) atoms. The molecule has 1 aliphatic carbocycles. The summed E-state index contributed by atoms with van der Waals surface area (Å²) in [5.74, 6) is 0. The lowest BCUT2D eigenvalue weighted by molar-refractivity contribution is 0.0111. The molecule has 0 aromatic heterocycles. The van der Waals surface area contributed by atoms with Gasteiger partial charge in [0.1, 0.15) is 0 Å². The van der Waals surface area contributed by atoms with Crippen molar-refractivity contribution in [1.82, 2.24) is 0 Å². The van der Waals surface area contributed by atoms with Gasteiger partial charge in [0, 0.05) is 0 Å². The highest BCUT2D eigenvalue weighted by Crippen LogP contribution is 2.10. The second kappa shape index (κ2) is 6.80. The maximum atomic E-state index is 9.55. The lowest BCUT2D eigenvalue weighted by Crippen LogP contribution is -2.25. The van der Waals surface area contributed by atoms with Gasteiger partial charge in [-0.15, -0.1) is 0 Å². The highest BCUT2D eigenvalue weighted by molar-refractivity contribution is 4.90. The van der Waals surface area contributed by atoms with Gasteiger partial charge in [-0.3, -0.25) is 0 Å². The van der Waals surface area contributed by atoms with E-state index in [4.69, 9.17) is 0 Å². The van der Waals surface area contributed by atoms with Gasteiger partial charge in [0.05, 0.1) is 12.2 Å². The summed E-state index contributed by atoms with van der Waals surface area (Å²) in [6.45, 7) is 0. The average molecular weight is 196 g/mol. The monoisotopic (exact) mass is 196 g/mol. The summed E-state index contributed by atoms with van der Waals surface area (Å²) in [5.41, 5.74) is 0. The first-order chi connectivity index (χ1) is 6.80. The third-order valence-electron chi connectivity index (χ3n) is 2.54. The molecule has 0 heterocycles. The minimum absolute atomic E-state index is 0.563. The zero-order valence-electron chi connectivity index (χ0n) is 8.60. The number of hydrogen-bond donors (Lipinski definition) is 2. The van der Waals surface area contributed by atoms with Crippen LogP contribution < -0.4 is 0 Å². The lowest BCUT2D eigenvalue weighted by atomic mass is 10.0. The minimum atomic E-state index is -0.563. The van der Waals surface area contributed by atoms with E-state index in [1.54, 1.807) is 0 Å². The Hall–Kier alpha value is -0.600. The Morgan fingerprint density at radius 1 is 0.643 bits per heavy atom. The summed E-state index contributed by atoms with van der Waals surface area (Å²) in [7, 11) is 0. The highest BCUT2D eigenvalue weighted by Gasteiger charge is 2.14. The van der Waals surface area contributed by atoms with E-state index in [-0.39, 0.29) is 0 Å². The van der Waals surface area contributed by atoms with Crippen molar-refractivity contribution >= 4 is 0 Å². The third-order valence-corrected chi connectivity index (χ3v) is 2.54. The van der Waals surface area contributed by atoms with Gasteiger partial charge in [-0.1, -0.05) is 24.3 Å². The zero-order valence-corrected chi connectivity index (χ0v) is 8.60. The summed E-state index contributed by atoms with van der Waals surface area (Å²) >= 11 is 0. The van der Waals surface area contributed by atoms with Crippen LogP contribution in [0.1, 0.15) is 38.5 Å². The zero-order chi connectivity index (χ0) is 10.2. The van der Waals surface area contributed by atoms with Crippen LogP contribution in [-0.4, -0.2) is 22.4 Å². The Morgan fingerprint density at radius 3 is 1.43 bits per heavy atom. The molecule has 1 aliphatic rings. The maximum Gasteiger partial charge on any atom is 0.0802 e. The van der Waals surface area contributed by atoms with Crippen molar-refractivity contribution in [2.45, 2.75) is 50.7 Å². The topological polar surface area (TPSA) is 40.5 Å². The Labute approximate surface area is 86.0 Å². The molecule has 2 N–H and O–H groups in total. The fraction of sp³-hybridized carbons (Fsp3) is 0.667. The number of aliphatic hydroxyl groups excluding tert-OH is 2. The van der Waals surface area contributed by atoms with E-state index in [0.29, 0.717) is 12.8 Å². The first-order valence-electron chi connectivity index (χ1n) is 5.47. The van der Waals surface area contributed by atoms with Crippen molar-refractivity contribution in [3.8, 4) is 0 Å². The fourth-order valence-corrected chi connectivity index (χ4v) is 1.58. The van der Waals surface area contributed by atoms with Crippen molar-refractivity contribution in [1.29, 1.82) is 0 Å². The van der Waals surface area contributed by atoms with E-state index >= 15 is 0 Å². The van der Waals surface area contributed by atoms with Gasteiger partial charge in [0.15, 0.2) is 0 Å². The lowest BCUT2D eigenvalue weighted by Gasteiger charge is -2.16. The van der Waals surface area contributed by atoms with E-state index in [9.17, 15) is 10.2 Å². The van der Waals surface area contributed by atoms with Crippen LogP contribution in [0.25, 0.3) is 0 Å². The molecule has 2 atom stereocenters. The summed E-state index contributed by atoms with van der Waals surface area (Å²) in [6, 6.07) is 0. The number of allylic oxidation sites excluding steroid dienone is 4. The molecule has 2 nitrogen and oxygen atoms in total. The molecule has 0 saturated carbocycles. The normalized spacial score (nSPS) is 35.3. The first kappa shape index (κ1) is 11.5. The predicted molar refractivity (Wildman–Crippen MR) is 58.0 cm³/mol. The van der Waals surface area contributed by atoms with E-state index in [1.807, 2.05) is 0 Å². The van der Waals surface area contributed by atoms with E-state index in [1.165, 1.54) is 0 Å². The summed E-state index contributed by atoms with van der Waals surface area (Å²) in [4.78, 5) is 0. The molecule has 0 fully saturated rings. The first-order valence-corrected chi connectivity index (χ1v) is 5.47. The number of rotatable bonds is 0. The van der Waals surface area contributed by atoms with Gasteiger partial charge in [0.25, 0.3) is 0 Å². The van der Waals surface area contributed by atoms with Gasteiger partial charge < -0.3 is 10.2 Å². The van der Waals surface area contributed by atoms with Crippen molar-refractivity contribution in [2.24, 2.45) is 0 Å². The molecular weight excluding hydrogens is 176 g/mol. The van der Waals surface area contributed by atoms with E-state index in [0.717, 1.165) is 25.7 Å². The molecule has 0 radical (unpaired) electrons. The Balaban J connectivity index is 2.41. The smallest absolute Gasteiger partial charge is 0.0802 e. The van der Waals surface area contributed by atoms with Crippen molar-refractivity contribution in [2.75, 3.05) is 0 Å². The molecule has 0 bridgehead atoms. The van der Waals surface area contributed by atoms with Crippen LogP contribution in [-0.2, 0) is 0 Å². The molecule has 0 aromatic rings. The van der Waals surface area contributed by atoms with Gasteiger partial charge in [-0.05, 0) is 38.5 Å². The average Bonchev–Trinajstić information content (AvgIpc) is 2.18. The van der Waals surface area contributed by atoms with Crippen LogP contribution in [0, 0.1) is 0 Å². The standard InChI is InChI=1S/C12H20O2/c13-11-9-7-5-3-1-2-4-6-8-10-12(11)14/h3-6,11-14H,1-2,7-10H2/b5-3+,6-4+/t11-,12?/m0/s1. The van der Waals surface area contributed by atoms with E-state index < -0.39 is 12.2 Å². The van der Waals surface area contributed by atoms with Gasteiger partial charge in [-0.25, -0.2) is 0 Å². The van der Waals surface area contributed by atoms with Crippen LogP contribution >= 0.6 is 0 Å². The highest BCUT2D eigenvalue weighted by atomic mass is 16.3. The molecule has 1 unspecified atom stereocenters. The van der Waals surface area contributed by atoms with Crippen molar-refractivity contribution in [3.63, 3.8) is 0 Å². The Bertz CT molecular complexity index is 174. The maximum absolute atomic E-state index is 9.55. The summed E-state index contributed by atoms with van der Waals surface area (Å²) < 4.78 is 0. The minimum Gasteiger partial charge on any atom is -0.390 e. The molecule has 0 aliphatic heterocycles. The second-order valence-electron chi connectivity index (χ2n) is 3.81.